The van der Waals surface area contributed by atoms with E-state index in [-0.39, 0.29) is 31.1 Å². The molecule has 0 aromatic rings. The van der Waals surface area contributed by atoms with E-state index < -0.39 is 6.10 Å². The van der Waals surface area contributed by atoms with Crippen LogP contribution in [-0.4, -0.2) is 37.2 Å². The third-order valence-electron chi connectivity index (χ3n) is 11.9. The maximum Gasteiger partial charge on any atom is 0.306 e. The molecule has 0 aliphatic rings. The van der Waals surface area contributed by atoms with Crippen LogP contribution in [0.1, 0.15) is 271 Å². The number of unbranched alkanes of at least 4 members (excludes halogenated alkanes) is 28. The Hall–Kier alpha value is -3.15. The van der Waals surface area contributed by atoms with Crippen molar-refractivity contribution in [1.29, 1.82) is 0 Å². The maximum absolute atomic E-state index is 12.8. The second-order valence-corrected chi connectivity index (χ2v) is 18.5. The molecule has 0 N–H and O–H groups in total. The summed E-state index contributed by atoms with van der Waals surface area (Å²) in [6, 6.07) is 0. The standard InChI is InChI=1S/C60H104O6/c1-4-7-10-13-16-19-22-25-28-29-30-31-33-35-38-41-44-47-50-53-59(62)65-56-57(55-64-58(61)52-49-46-43-40-37-34-27-24-21-18-15-12-9-6-3)66-60(63)54-51-48-45-42-39-36-32-26-23-20-17-14-11-8-5-2/h9,12,17-18,20-21,23,26-27,29-30,34,57H,4-8,10-11,13-16,19,22,24-25,28,31-33,35-56H2,1-3H3/b12-9-,20-17-,21-18-,26-23-,30-29-,34-27-. The Morgan fingerprint density at radius 2 is 0.636 bits per heavy atom. The molecular weight excluding hydrogens is 817 g/mol. The number of hydrogen-bond donors (Lipinski definition) is 0. The second-order valence-electron chi connectivity index (χ2n) is 18.5. The lowest BCUT2D eigenvalue weighted by atomic mass is 10.1. The van der Waals surface area contributed by atoms with Gasteiger partial charge in [-0.2, -0.15) is 0 Å². The van der Waals surface area contributed by atoms with Gasteiger partial charge < -0.3 is 14.2 Å². The van der Waals surface area contributed by atoms with Crippen LogP contribution in [0.2, 0.25) is 0 Å². The number of ether oxygens (including phenoxy) is 3. The van der Waals surface area contributed by atoms with Crippen molar-refractivity contribution >= 4 is 17.9 Å². The van der Waals surface area contributed by atoms with Crippen molar-refractivity contribution in [2.45, 2.75) is 277 Å². The number of rotatable bonds is 50. The first-order valence-corrected chi connectivity index (χ1v) is 28.0. The lowest BCUT2D eigenvalue weighted by Gasteiger charge is -2.18. The first-order valence-electron chi connectivity index (χ1n) is 28.0. The fourth-order valence-corrected chi connectivity index (χ4v) is 7.74. The predicted molar refractivity (Wildman–Crippen MR) is 284 cm³/mol. The van der Waals surface area contributed by atoms with Crippen molar-refractivity contribution < 1.29 is 28.6 Å². The number of esters is 3. The summed E-state index contributed by atoms with van der Waals surface area (Å²) in [6.45, 7) is 6.48. The van der Waals surface area contributed by atoms with Crippen LogP contribution in [0.15, 0.2) is 72.9 Å². The Morgan fingerprint density at radius 1 is 0.333 bits per heavy atom. The van der Waals surface area contributed by atoms with E-state index in [1.165, 1.54) is 128 Å². The zero-order valence-corrected chi connectivity index (χ0v) is 43.4. The molecule has 0 aromatic heterocycles. The van der Waals surface area contributed by atoms with Gasteiger partial charge in [-0.3, -0.25) is 14.4 Å². The smallest absolute Gasteiger partial charge is 0.306 e. The van der Waals surface area contributed by atoms with E-state index in [9.17, 15) is 14.4 Å². The third kappa shape index (κ3) is 51.8. The highest BCUT2D eigenvalue weighted by Gasteiger charge is 2.19. The van der Waals surface area contributed by atoms with Gasteiger partial charge in [0.25, 0.3) is 0 Å². The van der Waals surface area contributed by atoms with Crippen LogP contribution in [0.5, 0.6) is 0 Å². The van der Waals surface area contributed by atoms with E-state index in [0.29, 0.717) is 19.3 Å². The van der Waals surface area contributed by atoms with Gasteiger partial charge in [0.05, 0.1) is 0 Å². The molecule has 0 aliphatic heterocycles. The molecule has 0 amide bonds. The molecule has 0 rings (SSSR count). The van der Waals surface area contributed by atoms with Gasteiger partial charge in [-0.25, -0.2) is 0 Å². The van der Waals surface area contributed by atoms with Crippen LogP contribution in [0.25, 0.3) is 0 Å². The highest BCUT2D eigenvalue weighted by molar-refractivity contribution is 5.71. The molecule has 0 saturated heterocycles. The van der Waals surface area contributed by atoms with Gasteiger partial charge in [-0.1, -0.05) is 222 Å². The first kappa shape index (κ1) is 62.8. The second kappa shape index (κ2) is 54.5. The van der Waals surface area contributed by atoms with Gasteiger partial charge in [0, 0.05) is 19.3 Å². The quantitative estimate of drug-likeness (QED) is 0.0199. The third-order valence-corrected chi connectivity index (χ3v) is 11.9. The molecule has 380 valence electrons. The summed E-state index contributed by atoms with van der Waals surface area (Å²) >= 11 is 0. The minimum atomic E-state index is -0.793. The molecule has 6 nitrogen and oxygen atoms in total. The average Bonchev–Trinajstić information content (AvgIpc) is 3.31. The fourth-order valence-electron chi connectivity index (χ4n) is 7.74. The van der Waals surface area contributed by atoms with E-state index in [0.717, 1.165) is 103 Å². The van der Waals surface area contributed by atoms with Crippen LogP contribution in [0.4, 0.5) is 0 Å². The normalized spacial score (nSPS) is 12.6. The van der Waals surface area contributed by atoms with Crippen molar-refractivity contribution in [1.82, 2.24) is 0 Å². The molecule has 66 heavy (non-hydrogen) atoms. The van der Waals surface area contributed by atoms with Crippen molar-refractivity contribution in [3.05, 3.63) is 72.9 Å². The van der Waals surface area contributed by atoms with Crippen LogP contribution in [0.3, 0.4) is 0 Å². The zero-order chi connectivity index (χ0) is 47.9. The largest absolute Gasteiger partial charge is 0.462 e. The molecule has 1 unspecified atom stereocenters. The summed E-state index contributed by atoms with van der Waals surface area (Å²) in [6.07, 6.45) is 68.9. The molecule has 0 spiro atoms. The lowest BCUT2D eigenvalue weighted by Crippen LogP contribution is -2.30. The molecular formula is C60H104O6. The summed E-state index contributed by atoms with van der Waals surface area (Å²) in [5.74, 6) is -0.923. The molecule has 0 bridgehead atoms. The van der Waals surface area contributed by atoms with Crippen LogP contribution >= 0.6 is 0 Å². The summed E-state index contributed by atoms with van der Waals surface area (Å²) in [7, 11) is 0. The predicted octanol–water partition coefficient (Wildman–Crippen LogP) is 18.6. The number of allylic oxidation sites excluding steroid dienone is 12. The van der Waals surface area contributed by atoms with Crippen LogP contribution < -0.4 is 0 Å². The summed E-state index contributed by atoms with van der Waals surface area (Å²) in [5.41, 5.74) is 0. The number of hydrogen-bond acceptors (Lipinski definition) is 6. The Bertz CT molecular complexity index is 1240. The van der Waals surface area contributed by atoms with E-state index in [1.54, 1.807) is 0 Å². The number of carbonyl (C=O) groups excluding carboxylic acids is 3. The molecule has 1 atom stereocenters. The van der Waals surface area contributed by atoms with Gasteiger partial charge >= 0.3 is 17.9 Å². The Balaban J connectivity index is 4.40. The van der Waals surface area contributed by atoms with Gasteiger partial charge in [0.2, 0.25) is 0 Å². The van der Waals surface area contributed by atoms with Crippen molar-refractivity contribution in [2.24, 2.45) is 0 Å². The Labute approximate surface area is 408 Å². The molecule has 0 radical (unpaired) electrons. The Kier molecular flexibility index (Phi) is 51.9. The average molecular weight is 921 g/mol. The number of carbonyl (C=O) groups is 3. The topological polar surface area (TPSA) is 78.9 Å². The highest BCUT2D eigenvalue weighted by Crippen LogP contribution is 2.15. The molecule has 0 heterocycles. The van der Waals surface area contributed by atoms with Gasteiger partial charge in [0.1, 0.15) is 13.2 Å². The van der Waals surface area contributed by atoms with E-state index >= 15 is 0 Å². The van der Waals surface area contributed by atoms with E-state index in [2.05, 4.69) is 93.7 Å². The van der Waals surface area contributed by atoms with E-state index in [4.69, 9.17) is 14.2 Å². The van der Waals surface area contributed by atoms with Crippen LogP contribution in [0, 0.1) is 0 Å². The monoisotopic (exact) mass is 921 g/mol. The van der Waals surface area contributed by atoms with Gasteiger partial charge in [-0.15, -0.1) is 0 Å². The molecule has 0 saturated carbocycles. The summed E-state index contributed by atoms with van der Waals surface area (Å²) in [4.78, 5) is 38.1. The fraction of sp³-hybridized carbons (Fsp3) is 0.750. The van der Waals surface area contributed by atoms with Crippen molar-refractivity contribution in [3.8, 4) is 0 Å². The molecule has 0 aromatic carbocycles. The minimum Gasteiger partial charge on any atom is -0.462 e. The van der Waals surface area contributed by atoms with E-state index in [1.807, 2.05) is 0 Å². The minimum absolute atomic E-state index is 0.0895. The maximum atomic E-state index is 12.8. The Morgan fingerprint density at radius 3 is 1.06 bits per heavy atom. The van der Waals surface area contributed by atoms with Gasteiger partial charge in [-0.05, 0) is 103 Å². The lowest BCUT2D eigenvalue weighted by molar-refractivity contribution is -0.167. The molecule has 0 aliphatic carbocycles. The summed E-state index contributed by atoms with van der Waals surface area (Å²) in [5, 5.41) is 0. The summed E-state index contributed by atoms with van der Waals surface area (Å²) < 4.78 is 16.8. The van der Waals surface area contributed by atoms with Gasteiger partial charge in [0.15, 0.2) is 6.10 Å². The molecule has 6 heteroatoms. The zero-order valence-electron chi connectivity index (χ0n) is 43.4. The SMILES string of the molecule is CC/C=C\C/C=C\C/C=C\CCCCCCC(=O)OCC(COC(=O)CCCCCCCCC/C=C\CCCCCCCCCC)OC(=O)CCCCCCCC/C=C\C=C/CCCCC. The first-order chi connectivity index (χ1) is 32.5. The van der Waals surface area contributed by atoms with Crippen molar-refractivity contribution in [2.75, 3.05) is 13.2 Å². The molecule has 0 fully saturated rings. The van der Waals surface area contributed by atoms with Crippen molar-refractivity contribution in [3.63, 3.8) is 0 Å². The van der Waals surface area contributed by atoms with Crippen LogP contribution in [-0.2, 0) is 28.6 Å². The highest BCUT2D eigenvalue weighted by atomic mass is 16.6.